The Hall–Kier alpha value is -3.33. The van der Waals surface area contributed by atoms with E-state index in [-0.39, 0.29) is 20.1 Å². The summed E-state index contributed by atoms with van der Waals surface area (Å²) in [5.41, 5.74) is 3.69. The number of hydrogen-bond donors (Lipinski definition) is 1. The fourth-order valence-corrected chi connectivity index (χ4v) is 2.84. The van der Waals surface area contributed by atoms with Crippen LogP contribution < -0.4 is 0 Å². The zero-order chi connectivity index (χ0) is 21.0. The molecule has 154 valence electrons. The van der Waals surface area contributed by atoms with E-state index < -0.39 is 0 Å². The maximum Gasteiger partial charge on any atom is 3.00 e. The Kier molecular flexibility index (Phi) is 10.1. The van der Waals surface area contributed by atoms with E-state index in [9.17, 15) is 0 Å². The minimum Gasteiger partial charge on any atom is -0.600 e. The zero-order valence-corrected chi connectivity index (χ0v) is 19.2. The smallest absolute Gasteiger partial charge is 0.600 e. The fourth-order valence-electron chi connectivity index (χ4n) is 2.84. The molecule has 4 aromatic rings. The predicted octanol–water partition coefficient (Wildman–Crippen LogP) is 6.56. The summed E-state index contributed by atoms with van der Waals surface area (Å²) in [5, 5.41) is 10.4. The van der Waals surface area contributed by atoms with E-state index >= 15 is 0 Å². The fraction of sp³-hybridized carbons (Fsp3) is 0.0370. The van der Waals surface area contributed by atoms with Crippen LogP contribution in [0, 0.1) is 18.7 Å². The van der Waals surface area contributed by atoms with Crippen LogP contribution in [0.15, 0.2) is 103 Å². The van der Waals surface area contributed by atoms with Crippen LogP contribution >= 0.6 is 0 Å². The number of allylic oxidation sites excluding steroid dienone is 4. The summed E-state index contributed by atoms with van der Waals surface area (Å²) in [6.45, 7) is 5.03. The van der Waals surface area contributed by atoms with Gasteiger partial charge in [0.2, 0.25) is 0 Å². The van der Waals surface area contributed by atoms with E-state index in [1.54, 1.807) is 6.08 Å². The van der Waals surface area contributed by atoms with E-state index in [4.69, 9.17) is 16.7 Å². The van der Waals surface area contributed by atoms with Gasteiger partial charge in [-0.25, -0.2) is 6.08 Å². The number of aliphatic hydroxyl groups is 1. The van der Waals surface area contributed by atoms with E-state index in [1.807, 2.05) is 66.9 Å². The molecule has 0 aliphatic rings. The van der Waals surface area contributed by atoms with Crippen molar-refractivity contribution in [3.8, 4) is 22.6 Å². The van der Waals surface area contributed by atoms with E-state index in [0.717, 1.165) is 34.3 Å². The van der Waals surface area contributed by atoms with Crippen molar-refractivity contribution in [2.45, 2.75) is 6.42 Å². The molecular formula is C27H21IrN2O. The topological polar surface area (TPSA) is 46.0 Å². The summed E-state index contributed by atoms with van der Waals surface area (Å²) < 4.78 is 0. The first-order valence-corrected chi connectivity index (χ1v) is 9.52. The van der Waals surface area contributed by atoms with Crippen LogP contribution in [0.25, 0.3) is 33.4 Å². The molecule has 0 amide bonds. The second-order valence-corrected chi connectivity index (χ2v) is 6.22. The second kappa shape index (κ2) is 13.1. The number of aliphatic hydroxyl groups excluding tert-OH is 1. The van der Waals surface area contributed by atoms with Crippen molar-refractivity contribution in [3.05, 3.63) is 122 Å². The van der Waals surface area contributed by atoms with Gasteiger partial charge in [-0.1, -0.05) is 49.1 Å². The maximum absolute atomic E-state index is 8.06. The summed E-state index contributed by atoms with van der Waals surface area (Å²) >= 11 is 0. The van der Waals surface area contributed by atoms with Crippen LogP contribution in [0.2, 0.25) is 0 Å². The van der Waals surface area contributed by atoms with Gasteiger partial charge in [0.15, 0.2) is 0 Å². The van der Waals surface area contributed by atoms with Crippen LogP contribution in [0.5, 0.6) is 0 Å². The molecule has 0 unspecified atom stereocenters. The minimum atomic E-state index is 0. The minimum absolute atomic E-state index is 0. The van der Waals surface area contributed by atoms with Crippen LogP contribution in [0.3, 0.4) is 0 Å². The SMILES string of the molecule is [CH-]=CCC=[C-]C=CO.[Ir+3].[c-]1ccccc1-c1cccc(-c2nccc3ccccc23)n1. The number of fused-ring (bicyclic) bond motifs is 1. The summed E-state index contributed by atoms with van der Waals surface area (Å²) in [4.78, 5) is 9.31. The van der Waals surface area contributed by atoms with Crippen LogP contribution in [0.4, 0.5) is 0 Å². The van der Waals surface area contributed by atoms with Crippen LogP contribution in [-0.4, -0.2) is 15.1 Å². The molecule has 4 rings (SSSR count). The van der Waals surface area contributed by atoms with Crippen LogP contribution in [0.1, 0.15) is 6.42 Å². The normalized spacial score (nSPS) is 10.5. The molecule has 2 aromatic heterocycles. The van der Waals surface area contributed by atoms with Gasteiger partial charge in [-0.15, -0.1) is 35.9 Å². The third kappa shape index (κ3) is 6.85. The molecule has 0 atom stereocenters. The molecule has 0 bridgehead atoms. The molecular weight excluding hydrogens is 561 g/mol. The second-order valence-electron chi connectivity index (χ2n) is 6.22. The Morgan fingerprint density at radius 1 is 0.968 bits per heavy atom. The molecule has 2 aromatic carbocycles. The number of aromatic nitrogens is 2. The third-order valence-corrected chi connectivity index (χ3v) is 4.19. The monoisotopic (exact) mass is 582 g/mol. The number of rotatable bonds is 5. The van der Waals surface area contributed by atoms with Crippen LogP contribution in [-0.2, 0) is 20.1 Å². The van der Waals surface area contributed by atoms with Gasteiger partial charge in [-0.05, 0) is 23.2 Å². The van der Waals surface area contributed by atoms with Gasteiger partial charge in [0.1, 0.15) is 0 Å². The molecule has 1 N–H and O–H groups in total. The Morgan fingerprint density at radius 3 is 2.55 bits per heavy atom. The first kappa shape index (κ1) is 23.9. The van der Waals surface area contributed by atoms with Crippen molar-refractivity contribution in [2.75, 3.05) is 0 Å². The molecule has 31 heavy (non-hydrogen) atoms. The quantitative estimate of drug-likeness (QED) is 0.165. The van der Waals surface area contributed by atoms with Gasteiger partial charge in [-0.3, -0.25) is 22.1 Å². The Morgan fingerprint density at radius 2 is 1.77 bits per heavy atom. The first-order valence-electron chi connectivity index (χ1n) is 9.52. The molecule has 2 heterocycles. The average Bonchev–Trinajstić information content (AvgIpc) is 2.83. The number of benzene rings is 2. The Labute approximate surface area is 196 Å². The van der Waals surface area contributed by atoms with Crippen molar-refractivity contribution >= 4 is 10.8 Å². The summed E-state index contributed by atoms with van der Waals surface area (Å²) in [6, 6.07) is 27.4. The molecule has 0 aliphatic heterocycles. The standard InChI is InChI=1S/C20H13N2.C7H8O.Ir/c1-2-8-16(9-3-1)18-11-6-12-19(22-18)20-17-10-5-4-7-15(17)13-14-21-20;1-2-3-4-5-6-7-8;/h1-8,10-14H;1-2,4,6-8H,3H2;/q-1;-2;+3. The molecule has 3 nitrogen and oxygen atoms in total. The molecule has 0 aliphatic carbocycles. The molecule has 0 radical (unpaired) electrons. The first-order chi connectivity index (χ1) is 14.8. The molecule has 0 saturated heterocycles. The summed E-state index contributed by atoms with van der Waals surface area (Å²) in [6.07, 6.45) is 10.7. The van der Waals surface area contributed by atoms with Gasteiger partial charge < -0.3 is 11.7 Å². The van der Waals surface area contributed by atoms with E-state index in [1.165, 1.54) is 17.5 Å². The van der Waals surface area contributed by atoms with Gasteiger partial charge in [0.05, 0.1) is 11.4 Å². The number of pyridine rings is 2. The zero-order valence-electron chi connectivity index (χ0n) is 16.8. The van der Waals surface area contributed by atoms with Crippen molar-refractivity contribution in [3.63, 3.8) is 0 Å². The van der Waals surface area contributed by atoms with Gasteiger partial charge >= 0.3 is 20.1 Å². The molecule has 0 spiro atoms. The summed E-state index contributed by atoms with van der Waals surface area (Å²) in [5.74, 6) is 0. The van der Waals surface area contributed by atoms with Crippen molar-refractivity contribution in [1.29, 1.82) is 0 Å². The molecule has 0 saturated carbocycles. The van der Waals surface area contributed by atoms with Gasteiger partial charge in [0, 0.05) is 11.6 Å². The third-order valence-electron chi connectivity index (χ3n) is 4.19. The number of hydrogen-bond acceptors (Lipinski definition) is 3. The van der Waals surface area contributed by atoms with Crippen molar-refractivity contribution < 1.29 is 25.2 Å². The summed E-state index contributed by atoms with van der Waals surface area (Å²) in [7, 11) is 0. The Balaban J connectivity index is 0.000000329. The van der Waals surface area contributed by atoms with Gasteiger partial charge in [-0.2, -0.15) is 6.08 Å². The molecule has 0 fully saturated rings. The van der Waals surface area contributed by atoms with Crippen molar-refractivity contribution in [2.24, 2.45) is 0 Å². The average molecular weight is 582 g/mol. The van der Waals surface area contributed by atoms with Crippen molar-refractivity contribution in [1.82, 2.24) is 9.97 Å². The Bertz CT molecular complexity index is 1150. The van der Waals surface area contributed by atoms with E-state index in [0.29, 0.717) is 6.42 Å². The van der Waals surface area contributed by atoms with Gasteiger partial charge in [0.25, 0.3) is 0 Å². The maximum atomic E-state index is 8.06. The predicted molar refractivity (Wildman–Crippen MR) is 122 cm³/mol. The largest absolute Gasteiger partial charge is 3.00 e. The van der Waals surface area contributed by atoms with E-state index in [2.05, 4.69) is 29.3 Å². The molecule has 4 heteroatoms. The number of nitrogens with zero attached hydrogens (tertiary/aromatic N) is 2.